The molecule has 0 amide bonds. The van der Waals surface area contributed by atoms with Crippen LogP contribution in [-0.2, 0) is 0 Å². The highest BCUT2D eigenvalue weighted by atomic mass is 19.4. The summed E-state index contributed by atoms with van der Waals surface area (Å²) in [4.78, 5) is 1.60. The maximum absolute atomic E-state index is 12.0. The van der Waals surface area contributed by atoms with Gasteiger partial charge in [0.25, 0.3) is 0 Å². The van der Waals surface area contributed by atoms with Gasteiger partial charge in [-0.1, -0.05) is 0 Å². The van der Waals surface area contributed by atoms with Crippen LogP contribution in [-0.4, -0.2) is 53.6 Å². The Kier molecular flexibility index (Phi) is 4.36. The van der Waals surface area contributed by atoms with Crippen LogP contribution in [0.2, 0.25) is 0 Å². The number of likely N-dealkylation sites (tertiary alicyclic amines) is 1. The number of hydrogen-bond acceptors (Lipinski definition) is 3. The maximum atomic E-state index is 12.0. The highest BCUT2D eigenvalue weighted by molar-refractivity contribution is 4.79. The van der Waals surface area contributed by atoms with Crippen LogP contribution >= 0.6 is 0 Å². The van der Waals surface area contributed by atoms with E-state index in [4.69, 9.17) is 10.2 Å². The van der Waals surface area contributed by atoms with Gasteiger partial charge < -0.3 is 15.1 Å². The molecule has 1 aliphatic rings. The second-order valence-corrected chi connectivity index (χ2v) is 3.98. The molecule has 1 fully saturated rings. The number of hydrogen-bond donors (Lipinski definition) is 2. The van der Waals surface area contributed by atoms with Gasteiger partial charge in [-0.05, 0) is 25.3 Å². The Balaban J connectivity index is 2.30. The lowest BCUT2D eigenvalue weighted by molar-refractivity contribution is -0.207. The van der Waals surface area contributed by atoms with Crippen LogP contribution < -0.4 is 0 Å². The van der Waals surface area contributed by atoms with Crippen LogP contribution in [0.5, 0.6) is 0 Å². The quantitative estimate of drug-likeness (QED) is 0.739. The van der Waals surface area contributed by atoms with Crippen LogP contribution in [0.4, 0.5) is 13.2 Å². The fourth-order valence-electron chi connectivity index (χ4n) is 1.84. The Hall–Kier alpha value is -0.330. The molecule has 1 saturated heterocycles. The minimum absolute atomic E-state index is 0.0698. The van der Waals surface area contributed by atoms with Gasteiger partial charge >= 0.3 is 6.18 Å². The first kappa shape index (κ1) is 12.7. The average molecular weight is 227 g/mol. The number of halogens is 3. The molecule has 6 heteroatoms. The highest BCUT2D eigenvalue weighted by Crippen LogP contribution is 2.24. The van der Waals surface area contributed by atoms with Crippen molar-refractivity contribution in [3.05, 3.63) is 0 Å². The molecule has 0 aromatic heterocycles. The first-order valence-corrected chi connectivity index (χ1v) is 5.01. The van der Waals surface area contributed by atoms with Crippen molar-refractivity contribution >= 4 is 0 Å². The lowest BCUT2D eigenvalue weighted by atomic mass is 10.1. The molecule has 0 bridgehead atoms. The normalized spacial score (nSPS) is 25.8. The zero-order chi connectivity index (χ0) is 11.5. The number of aliphatic hydroxyl groups excluding tert-OH is 2. The molecule has 15 heavy (non-hydrogen) atoms. The van der Waals surface area contributed by atoms with Crippen molar-refractivity contribution in [1.82, 2.24) is 4.90 Å². The molecular formula is C9H16F3NO2. The Morgan fingerprint density at radius 1 is 1.40 bits per heavy atom. The molecule has 3 nitrogen and oxygen atoms in total. The monoisotopic (exact) mass is 227 g/mol. The molecule has 2 atom stereocenters. The molecule has 0 aliphatic carbocycles. The third-order valence-corrected chi connectivity index (χ3v) is 2.72. The Morgan fingerprint density at radius 3 is 2.60 bits per heavy atom. The van der Waals surface area contributed by atoms with E-state index < -0.39 is 12.3 Å². The number of rotatable bonds is 4. The van der Waals surface area contributed by atoms with Crippen molar-refractivity contribution < 1.29 is 23.4 Å². The smallest absolute Gasteiger partial charge is 0.396 e. The van der Waals surface area contributed by atoms with E-state index in [1.807, 2.05) is 0 Å². The van der Waals surface area contributed by atoms with E-state index in [-0.39, 0.29) is 19.1 Å². The molecule has 0 saturated carbocycles. The Morgan fingerprint density at radius 2 is 2.07 bits per heavy atom. The lowest BCUT2D eigenvalue weighted by Crippen LogP contribution is -2.40. The van der Waals surface area contributed by atoms with Crippen molar-refractivity contribution in [3.63, 3.8) is 0 Å². The molecule has 0 radical (unpaired) electrons. The van der Waals surface area contributed by atoms with Gasteiger partial charge in [-0.2, -0.15) is 13.2 Å². The first-order valence-electron chi connectivity index (χ1n) is 5.01. The molecular weight excluding hydrogens is 211 g/mol. The summed E-state index contributed by atoms with van der Waals surface area (Å²) in [6.07, 6.45) is -5.37. The first-order chi connectivity index (χ1) is 6.93. The van der Waals surface area contributed by atoms with Gasteiger partial charge in [-0.15, -0.1) is 0 Å². The molecule has 1 heterocycles. The van der Waals surface area contributed by atoms with Crippen molar-refractivity contribution in [1.29, 1.82) is 0 Å². The largest absolute Gasteiger partial charge is 0.415 e. The zero-order valence-corrected chi connectivity index (χ0v) is 8.37. The summed E-state index contributed by atoms with van der Waals surface area (Å²) in [7, 11) is 0. The van der Waals surface area contributed by atoms with E-state index in [9.17, 15) is 13.2 Å². The van der Waals surface area contributed by atoms with Gasteiger partial charge in [0.15, 0.2) is 6.10 Å². The molecule has 1 aliphatic heterocycles. The number of alkyl halides is 3. The SMILES string of the molecule is OCCC1CCN(CC(O)C(F)(F)F)C1. The van der Waals surface area contributed by atoms with E-state index >= 15 is 0 Å². The summed E-state index contributed by atoms with van der Waals surface area (Å²) in [6.45, 7) is 0.817. The fraction of sp³-hybridized carbons (Fsp3) is 1.00. The standard InChI is InChI=1S/C9H16F3NO2/c10-9(11,12)8(15)6-13-3-1-7(5-13)2-4-14/h7-8,14-15H,1-6H2. The Labute approximate surface area is 86.5 Å². The van der Waals surface area contributed by atoms with Crippen molar-refractivity contribution in [2.75, 3.05) is 26.2 Å². The van der Waals surface area contributed by atoms with Gasteiger partial charge in [-0.3, -0.25) is 0 Å². The average Bonchev–Trinajstić information content (AvgIpc) is 2.51. The topological polar surface area (TPSA) is 43.7 Å². The summed E-state index contributed by atoms with van der Waals surface area (Å²) in [5.74, 6) is 0.260. The van der Waals surface area contributed by atoms with Crippen LogP contribution in [0.25, 0.3) is 0 Å². The summed E-state index contributed by atoms with van der Waals surface area (Å²) in [6, 6.07) is 0. The molecule has 0 spiro atoms. The highest BCUT2D eigenvalue weighted by Gasteiger charge is 2.40. The van der Waals surface area contributed by atoms with Gasteiger partial charge in [0.05, 0.1) is 0 Å². The van der Waals surface area contributed by atoms with E-state index in [1.165, 1.54) is 0 Å². The number of aliphatic hydroxyl groups is 2. The van der Waals surface area contributed by atoms with Crippen LogP contribution in [0.15, 0.2) is 0 Å². The maximum Gasteiger partial charge on any atom is 0.415 e. The predicted molar refractivity (Wildman–Crippen MR) is 48.3 cm³/mol. The van der Waals surface area contributed by atoms with Crippen LogP contribution in [0.3, 0.4) is 0 Å². The zero-order valence-electron chi connectivity index (χ0n) is 8.37. The van der Waals surface area contributed by atoms with Gasteiger partial charge in [-0.25, -0.2) is 0 Å². The van der Waals surface area contributed by atoms with E-state index in [2.05, 4.69) is 0 Å². The second-order valence-electron chi connectivity index (χ2n) is 3.98. The summed E-state index contributed by atoms with van der Waals surface area (Å²) >= 11 is 0. The van der Waals surface area contributed by atoms with E-state index in [0.29, 0.717) is 19.5 Å². The van der Waals surface area contributed by atoms with Gasteiger partial charge in [0, 0.05) is 19.7 Å². The minimum Gasteiger partial charge on any atom is -0.396 e. The molecule has 0 aromatic rings. The minimum atomic E-state index is -4.53. The second kappa shape index (κ2) is 5.14. The summed E-state index contributed by atoms with van der Waals surface area (Å²) < 4.78 is 36.1. The molecule has 2 N–H and O–H groups in total. The van der Waals surface area contributed by atoms with E-state index in [1.54, 1.807) is 4.90 Å². The van der Waals surface area contributed by atoms with Gasteiger partial charge in [0.2, 0.25) is 0 Å². The van der Waals surface area contributed by atoms with Crippen LogP contribution in [0, 0.1) is 5.92 Å². The molecule has 0 aromatic carbocycles. The molecule has 2 unspecified atom stereocenters. The molecule has 1 rings (SSSR count). The third-order valence-electron chi connectivity index (χ3n) is 2.72. The summed E-state index contributed by atoms with van der Waals surface area (Å²) in [5, 5.41) is 17.5. The van der Waals surface area contributed by atoms with Crippen molar-refractivity contribution in [3.8, 4) is 0 Å². The van der Waals surface area contributed by atoms with Gasteiger partial charge in [0.1, 0.15) is 0 Å². The van der Waals surface area contributed by atoms with Crippen molar-refractivity contribution in [2.24, 2.45) is 5.92 Å². The summed E-state index contributed by atoms with van der Waals surface area (Å²) in [5.41, 5.74) is 0. The Bertz CT molecular complexity index is 198. The third kappa shape index (κ3) is 3.96. The van der Waals surface area contributed by atoms with E-state index in [0.717, 1.165) is 6.42 Å². The number of nitrogens with zero attached hydrogens (tertiary/aromatic N) is 1. The fourth-order valence-corrected chi connectivity index (χ4v) is 1.84. The lowest BCUT2D eigenvalue weighted by Gasteiger charge is -2.21. The van der Waals surface area contributed by atoms with Crippen molar-refractivity contribution in [2.45, 2.75) is 25.1 Å². The predicted octanol–water partition coefficient (Wildman–Crippen LogP) is 0.614. The molecule has 90 valence electrons. The number of β-amino-alcohol motifs (C(OH)–C–C–N with tert-alkyl or cyclic N) is 1. The van der Waals surface area contributed by atoms with Crippen LogP contribution in [0.1, 0.15) is 12.8 Å².